The number of aromatic nitrogens is 1. The van der Waals surface area contributed by atoms with Crippen LogP contribution < -0.4 is 16.4 Å². The van der Waals surface area contributed by atoms with Crippen molar-refractivity contribution in [1.82, 2.24) is 15.6 Å². The quantitative estimate of drug-likeness (QED) is 0.184. The van der Waals surface area contributed by atoms with Crippen molar-refractivity contribution in [2.75, 3.05) is 13.1 Å². The number of nitrogens with one attached hydrogen (secondary N) is 3. The number of alkyl carbamates (subject to hydrolysis) is 1. The first-order valence-electron chi connectivity index (χ1n) is 13.2. The molecule has 0 aliphatic rings. The zero-order valence-electron chi connectivity index (χ0n) is 22.9. The van der Waals surface area contributed by atoms with Crippen LogP contribution in [0.1, 0.15) is 44.1 Å². The number of aromatic amines is 1. The Hall–Kier alpha value is -4.37. The third kappa shape index (κ3) is 7.18. The first-order valence-corrected chi connectivity index (χ1v) is 13.2. The number of nitrogens with two attached hydrogens (primary N) is 1. The molecule has 0 saturated carbocycles. The predicted octanol–water partition coefficient (Wildman–Crippen LogP) is 5.71. The zero-order chi connectivity index (χ0) is 28.9. The molecule has 0 fully saturated rings. The van der Waals surface area contributed by atoms with E-state index in [9.17, 15) is 19.1 Å². The zero-order valence-corrected chi connectivity index (χ0v) is 22.9. The highest BCUT2D eigenvalue weighted by atomic mass is 19.1. The number of carbonyl (C=O) groups excluding carboxylic acids is 2. The van der Waals surface area contributed by atoms with Gasteiger partial charge < -0.3 is 31.2 Å². The van der Waals surface area contributed by atoms with Gasteiger partial charge in [0.2, 0.25) is 0 Å². The number of hydrogen-bond donors (Lipinski definition) is 5. The maximum absolute atomic E-state index is 13.6. The molecule has 6 N–H and O–H groups in total. The van der Waals surface area contributed by atoms with E-state index in [2.05, 4.69) is 15.6 Å². The summed E-state index contributed by atoms with van der Waals surface area (Å²) in [4.78, 5) is 29.2. The Morgan fingerprint density at radius 3 is 2.30 bits per heavy atom. The normalized spacial score (nSPS) is 12.2. The molecule has 40 heavy (non-hydrogen) atoms. The Morgan fingerprint density at radius 2 is 1.65 bits per heavy atom. The van der Waals surface area contributed by atoms with E-state index in [0.29, 0.717) is 30.6 Å². The summed E-state index contributed by atoms with van der Waals surface area (Å²) in [6, 6.07) is 18.2. The summed E-state index contributed by atoms with van der Waals surface area (Å²) in [6.45, 7) is 5.97. The molecular weight excluding hydrogens is 511 g/mol. The number of H-pyrrole nitrogens is 1. The number of ether oxygens (including phenoxy) is 1. The van der Waals surface area contributed by atoms with Crippen molar-refractivity contribution in [3.05, 3.63) is 78.2 Å². The Labute approximate surface area is 232 Å². The molecule has 2 amide bonds. The maximum Gasteiger partial charge on any atom is 0.407 e. The van der Waals surface area contributed by atoms with Gasteiger partial charge >= 0.3 is 6.09 Å². The molecular formula is C31H35FN4O4. The van der Waals surface area contributed by atoms with Crippen molar-refractivity contribution >= 4 is 22.9 Å². The highest BCUT2D eigenvalue weighted by Gasteiger charge is 2.23. The first kappa shape index (κ1) is 28.6. The maximum atomic E-state index is 13.6. The van der Waals surface area contributed by atoms with E-state index in [-0.39, 0.29) is 30.1 Å². The van der Waals surface area contributed by atoms with Crippen molar-refractivity contribution in [2.24, 2.45) is 5.73 Å². The van der Waals surface area contributed by atoms with Crippen LogP contribution in [0.5, 0.6) is 5.75 Å². The van der Waals surface area contributed by atoms with Gasteiger partial charge in [-0.2, -0.15) is 0 Å². The van der Waals surface area contributed by atoms with Crippen LogP contribution in [0.4, 0.5) is 9.18 Å². The summed E-state index contributed by atoms with van der Waals surface area (Å²) >= 11 is 0. The minimum atomic E-state index is -0.651. The van der Waals surface area contributed by atoms with Gasteiger partial charge in [-0.1, -0.05) is 36.4 Å². The molecule has 0 saturated heterocycles. The van der Waals surface area contributed by atoms with E-state index in [4.69, 9.17) is 10.5 Å². The molecule has 1 heterocycles. The molecule has 0 aliphatic carbocycles. The molecule has 9 heteroatoms. The van der Waals surface area contributed by atoms with Crippen LogP contribution in [0.25, 0.3) is 33.2 Å². The molecule has 0 bridgehead atoms. The van der Waals surface area contributed by atoms with Crippen molar-refractivity contribution in [2.45, 2.75) is 45.3 Å². The van der Waals surface area contributed by atoms with E-state index < -0.39 is 11.7 Å². The Bertz CT molecular complexity index is 1470. The lowest BCUT2D eigenvalue weighted by Crippen LogP contribution is -2.45. The number of amides is 2. The molecule has 4 aromatic rings. The molecule has 4 rings (SSSR count). The number of rotatable bonds is 9. The van der Waals surface area contributed by atoms with Crippen LogP contribution in [0, 0.1) is 5.82 Å². The average Bonchev–Trinajstić information content (AvgIpc) is 3.29. The van der Waals surface area contributed by atoms with Gasteiger partial charge in [0.1, 0.15) is 22.9 Å². The third-order valence-electron chi connectivity index (χ3n) is 6.35. The fourth-order valence-electron chi connectivity index (χ4n) is 4.49. The number of halogens is 1. The summed E-state index contributed by atoms with van der Waals surface area (Å²) in [7, 11) is 0. The number of benzene rings is 3. The van der Waals surface area contributed by atoms with E-state index in [0.717, 1.165) is 27.6 Å². The summed E-state index contributed by atoms with van der Waals surface area (Å²) in [6.07, 6.45) is 0.662. The van der Waals surface area contributed by atoms with Crippen LogP contribution in [0.15, 0.2) is 66.7 Å². The van der Waals surface area contributed by atoms with E-state index in [1.807, 2.05) is 18.2 Å². The fourth-order valence-corrected chi connectivity index (χ4v) is 4.49. The van der Waals surface area contributed by atoms with E-state index >= 15 is 0 Å². The molecule has 0 unspecified atom stereocenters. The number of phenolic OH excluding ortho intramolecular Hbond substituents is 1. The monoisotopic (exact) mass is 546 g/mol. The van der Waals surface area contributed by atoms with Crippen LogP contribution in [0.3, 0.4) is 0 Å². The standard InChI is InChI=1S/C31H35FN4O4/c1-31(2,3)40-30(39)35-23(5-4-16-33)18-34-29(38)28-27(20-8-13-24(37)14-9-20)25-15-10-21(17-26(25)36-28)19-6-11-22(32)12-7-19/h6-15,17,23,36-37H,4-5,16,18,33H2,1-3H3,(H,34,38)(H,35,39)/t23-/m0/s1. The SMILES string of the molecule is CC(C)(C)OC(=O)N[C@@H](CCCN)CNC(=O)c1[nH]c2cc(-c3ccc(F)cc3)ccc2c1-c1ccc(O)cc1. The molecule has 0 aliphatic heterocycles. The average molecular weight is 547 g/mol. The Balaban J connectivity index is 1.64. The van der Waals surface area contributed by atoms with Gasteiger partial charge in [0.25, 0.3) is 5.91 Å². The lowest BCUT2D eigenvalue weighted by atomic mass is 9.99. The first-order chi connectivity index (χ1) is 19.0. The van der Waals surface area contributed by atoms with Gasteiger partial charge in [0, 0.05) is 29.1 Å². The van der Waals surface area contributed by atoms with Crippen LogP contribution in [-0.2, 0) is 4.74 Å². The van der Waals surface area contributed by atoms with Crippen molar-refractivity contribution < 1.29 is 23.8 Å². The smallest absolute Gasteiger partial charge is 0.407 e. The molecule has 3 aromatic carbocycles. The highest BCUT2D eigenvalue weighted by molar-refractivity contribution is 6.10. The molecule has 1 aromatic heterocycles. The largest absolute Gasteiger partial charge is 0.508 e. The topological polar surface area (TPSA) is 129 Å². The number of phenols is 1. The van der Waals surface area contributed by atoms with Crippen molar-refractivity contribution in [3.8, 4) is 28.0 Å². The highest BCUT2D eigenvalue weighted by Crippen LogP contribution is 2.35. The summed E-state index contributed by atoms with van der Waals surface area (Å²) in [5.74, 6) is -0.556. The van der Waals surface area contributed by atoms with Crippen LogP contribution in [0.2, 0.25) is 0 Å². The molecule has 8 nitrogen and oxygen atoms in total. The minimum absolute atomic E-state index is 0.115. The lowest BCUT2D eigenvalue weighted by molar-refractivity contribution is 0.0498. The summed E-state index contributed by atoms with van der Waals surface area (Å²) in [5.41, 5.74) is 9.22. The van der Waals surface area contributed by atoms with Gasteiger partial charge in [-0.3, -0.25) is 4.79 Å². The van der Waals surface area contributed by atoms with Gasteiger partial charge in [-0.15, -0.1) is 0 Å². The van der Waals surface area contributed by atoms with E-state index in [1.165, 1.54) is 12.1 Å². The predicted molar refractivity (Wildman–Crippen MR) is 155 cm³/mol. The summed E-state index contributed by atoms with van der Waals surface area (Å²) in [5, 5.41) is 16.4. The number of hydrogen-bond acceptors (Lipinski definition) is 5. The van der Waals surface area contributed by atoms with Gasteiger partial charge in [0.15, 0.2) is 0 Å². The third-order valence-corrected chi connectivity index (χ3v) is 6.35. The van der Waals surface area contributed by atoms with Gasteiger partial charge in [-0.25, -0.2) is 9.18 Å². The Kier molecular flexibility index (Phi) is 8.74. The molecule has 1 atom stereocenters. The second-order valence-corrected chi connectivity index (χ2v) is 10.7. The lowest BCUT2D eigenvalue weighted by Gasteiger charge is -2.24. The second-order valence-electron chi connectivity index (χ2n) is 10.7. The van der Waals surface area contributed by atoms with Gasteiger partial charge in [0.05, 0.1) is 0 Å². The Morgan fingerprint density at radius 1 is 1.00 bits per heavy atom. The number of aromatic hydroxyl groups is 1. The number of carbonyl (C=O) groups is 2. The minimum Gasteiger partial charge on any atom is -0.508 e. The van der Waals surface area contributed by atoms with Crippen molar-refractivity contribution in [1.29, 1.82) is 0 Å². The molecule has 210 valence electrons. The van der Waals surface area contributed by atoms with Gasteiger partial charge in [-0.05, 0) is 87.2 Å². The molecule has 0 spiro atoms. The van der Waals surface area contributed by atoms with Crippen molar-refractivity contribution in [3.63, 3.8) is 0 Å². The van der Waals surface area contributed by atoms with E-state index in [1.54, 1.807) is 57.2 Å². The van der Waals surface area contributed by atoms with Crippen LogP contribution >= 0.6 is 0 Å². The van der Waals surface area contributed by atoms with Crippen LogP contribution in [-0.4, -0.2) is 46.8 Å². The summed E-state index contributed by atoms with van der Waals surface area (Å²) < 4.78 is 18.8. The molecule has 0 radical (unpaired) electrons. The number of fused-ring (bicyclic) bond motifs is 1. The second kappa shape index (κ2) is 12.2. The fraction of sp³-hybridized carbons (Fsp3) is 0.290.